The first-order valence-electron chi connectivity index (χ1n) is 7.35. The molecular formula is C19H20N2. The second-order valence-electron chi connectivity index (χ2n) is 5.40. The second kappa shape index (κ2) is 6.06. The molecule has 2 aromatic carbocycles. The number of aryl methyl sites for hydroxylation is 1. The molecule has 106 valence electrons. The number of likely N-dealkylation sites (N-methyl/N-ethyl adjacent to an activating group) is 1. The third-order valence-corrected chi connectivity index (χ3v) is 4.01. The number of fused-ring (bicyclic) bond motifs is 1. The molecule has 2 nitrogen and oxygen atoms in total. The molecule has 0 amide bonds. The van der Waals surface area contributed by atoms with Crippen molar-refractivity contribution in [3.8, 4) is 0 Å². The fraction of sp³-hybridized carbons (Fsp3) is 0.211. The average molecular weight is 276 g/mol. The lowest BCUT2D eigenvalue weighted by Gasteiger charge is -2.17. The zero-order chi connectivity index (χ0) is 14.7. The van der Waals surface area contributed by atoms with Crippen LogP contribution in [0.5, 0.6) is 0 Å². The Balaban J connectivity index is 1.93. The van der Waals surface area contributed by atoms with Gasteiger partial charge < -0.3 is 5.32 Å². The van der Waals surface area contributed by atoms with Crippen molar-refractivity contribution in [2.75, 3.05) is 7.05 Å². The number of hydrogen-bond acceptors (Lipinski definition) is 2. The summed E-state index contributed by atoms with van der Waals surface area (Å²) in [6.45, 7) is 2.16. The molecular weight excluding hydrogens is 256 g/mol. The summed E-state index contributed by atoms with van der Waals surface area (Å²) >= 11 is 0. The smallest absolute Gasteiger partial charge is 0.0706 e. The van der Waals surface area contributed by atoms with Gasteiger partial charge in [0.1, 0.15) is 0 Å². The van der Waals surface area contributed by atoms with Gasteiger partial charge in [0.15, 0.2) is 0 Å². The fourth-order valence-electron chi connectivity index (χ4n) is 2.69. The minimum Gasteiger partial charge on any atom is -0.311 e. The second-order valence-corrected chi connectivity index (χ2v) is 5.40. The van der Waals surface area contributed by atoms with Gasteiger partial charge in [0, 0.05) is 5.39 Å². The van der Waals surface area contributed by atoms with Crippen LogP contribution < -0.4 is 5.32 Å². The van der Waals surface area contributed by atoms with E-state index in [4.69, 9.17) is 4.98 Å². The summed E-state index contributed by atoms with van der Waals surface area (Å²) in [6, 6.07) is 21.3. The number of rotatable bonds is 4. The SMILES string of the molecule is CNC(Cc1ccccc1C)c1ccc2ccccc2n1. The lowest BCUT2D eigenvalue weighted by atomic mass is 9.98. The van der Waals surface area contributed by atoms with Crippen LogP contribution in [0, 0.1) is 6.92 Å². The molecule has 1 heterocycles. The van der Waals surface area contributed by atoms with Gasteiger partial charge in [-0.1, -0.05) is 48.5 Å². The number of para-hydroxylation sites is 1. The van der Waals surface area contributed by atoms with Crippen LogP contribution in [0.4, 0.5) is 0 Å². The first-order chi connectivity index (χ1) is 10.3. The summed E-state index contributed by atoms with van der Waals surface area (Å²) in [7, 11) is 2.00. The fourth-order valence-corrected chi connectivity index (χ4v) is 2.69. The highest BCUT2D eigenvalue weighted by molar-refractivity contribution is 5.78. The van der Waals surface area contributed by atoms with Crippen molar-refractivity contribution in [2.24, 2.45) is 0 Å². The molecule has 1 unspecified atom stereocenters. The minimum absolute atomic E-state index is 0.232. The van der Waals surface area contributed by atoms with E-state index in [1.807, 2.05) is 19.2 Å². The summed E-state index contributed by atoms with van der Waals surface area (Å²) in [4.78, 5) is 4.81. The minimum atomic E-state index is 0.232. The number of hydrogen-bond donors (Lipinski definition) is 1. The first kappa shape index (κ1) is 13.8. The quantitative estimate of drug-likeness (QED) is 0.777. The standard InChI is InChI=1S/C19H20N2/c1-14-7-3-4-9-16(14)13-19(20-2)18-12-11-15-8-5-6-10-17(15)21-18/h3-12,19-20H,13H2,1-2H3. The van der Waals surface area contributed by atoms with E-state index in [1.54, 1.807) is 0 Å². The van der Waals surface area contributed by atoms with Crippen LogP contribution in [0.15, 0.2) is 60.7 Å². The molecule has 0 aliphatic heterocycles. The van der Waals surface area contributed by atoms with Crippen molar-refractivity contribution in [1.82, 2.24) is 10.3 Å². The van der Waals surface area contributed by atoms with Crippen molar-refractivity contribution >= 4 is 10.9 Å². The van der Waals surface area contributed by atoms with Crippen LogP contribution in [0.3, 0.4) is 0 Å². The van der Waals surface area contributed by atoms with Crippen LogP contribution in [0.1, 0.15) is 22.9 Å². The number of aromatic nitrogens is 1. The van der Waals surface area contributed by atoms with Gasteiger partial charge in [-0.2, -0.15) is 0 Å². The molecule has 1 atom stereocenters. The van der Waals surface area contributed by atoms with Gasteiger partial charge in [0.25, 0.3) is 0 Å². The van der Waals surface area contributed by atoms with Crippen molar-refractivity contribution in [3.05, 3.63) is 77.5 Å². The molecule has 0 bridgehead atoms. The van der Waals surface area contributed by atoms with Crippen molar-refractivity contribution in [3.63, 3.8) is 0 Å². The van der Waals surface area contributed by atoms with Gasteiger partial charge in [-0.15, -0.1) is 0 Å². The van der Waals surface area contributed by atoms with E-state index in [1.165, 1.54) is 16.5 Å². The molecule has 0 aliphatic rings. The predicted molar refractivity (Wildman–Crippen MR) is 88.4 cm³/mol. The Labute approximate surface area is 125 Å². The molecule has 0 fully saturated rings. The van der Waals surface area contributed by atoms with Gasteiger partial charge in [-0.25, -0.2) is 0 Å². The Morgan fingerprint density at radius 1 is 0.952 bits per heavy atom. The lowest BCUT2D eigenvalue weighted by Crippen LogP contribution is -2.20. The maximum Gasteiger partial charge on any atom is 0.0706 e. The largest absolute Gasteiger partial charge is 0.311 e. The van der Waals surface area contributed by atoms with E-state index in [0.717, 1.165) is 17.6 Å². The van der Waals surface area contributed by atoms with Crippen LogP contribution >= 0.6 is 0 Å². The Morgan fingerprint density at radius 2 is 1.71 bits per heavy atom. The predicted octanol–water partition coefficient (Wildman–Crippen LogP) is 4.05. The third-order valence-electron chi connectivity index (χ3n) is 4.01. The number of benzene rings is 2. The van der Waals surface area contributed by atoms with E-state index < -0.39 is 0 Å². The monoisotopic (exact) mass is 276 g/mol. The van der Waals surface area contributed by atoms with Gasteiger partial charge in [0.05, 0.1) is 17.3 Å². The highest BCUT2D eigenvalue weighted by Gasteiger charge is 2.13. The summed E-state index contributed by atoms with van der Waals surface area (Å²) in [6.07, 6.45) is 0.953. The summed E-state index contributed by atoms with van der Waals surface area (Å²) in [5.41, 5.74) is 4.85. The van der Waals surface area contributed by atoms with Crippen LogP contribution in [0.2, 0.25) is 0 Å². The molecule has 0 spiro atoms. The van der Waals surface area contributed by atoms with E-state index in [9.17, 15) is 0 Å². The zero-order valence-corrected chi connectivity index (χ0v) is 12.5. The summed E-state index contributed by atoms with van der Waals surface area (Å²) in [5.74, 6) is 0. The average Bonchev–Trinajstić information content (AvgIpc) is 2.54. The molecule has 1 N–H and O–H groups in total. The molecule has 3 aromatic rings. The van der Waals surface area contributed by atoms with Crippen molar-refractivity contribution in [1.29, 1.82) is 0 Å². The number of pyridine rings is 1. The molecule has 0 aliphatic carbocycles. The summed E-state index contributed by atoms with van der Waals surface area (Å²) in [5, 5.41) is 4.58. The molecule has 1 aromatic heterocycles. The van der Waals surface area contributed by atoms with E-state index >= 15 is 0 Å². The molecule has 2 heteroatoms. The Bertz CT molecular complexity index is 749. The third kappa shape index (κ3) is 2.96. The van der Waals surface area contributed by atoms with E-state index in [2.05, 4.69) is 60.8 Å². The number of nitrogens with zero attached hydrogens (tertiary/aromatic N) is 1. The first-order valence-corrected chi connectivity index (χ1v) is 7.35. The Kier molecular flexibility index (Phi) is 3.98. The van der Waals surface area contributed by atoms with E-state index in [0.29, 0.717) is 0 Å². The number of nitrogens with one attached hydrogen (secondary N) is 1. The van der Waals surface area contributed by atoms with E-state index in [-0.39, 0.29) is 6.04 Å². The Morgan fingerprint density at radius 3 is 2.52 bits per heavy atom. The van der Waals surface area contributed by atoms with Crippen LogP contribution in [-0.2, 0) is 6.42 Å². The van der Waals surface area contributed by atoms with Crippen molar-refractivity contribution in [2.45, 2.75) is 19.4 Å². The zero-order valence-electron chi connectivity index (χ0n) is 12.5. The van der Waals surface area contributed by atoms with Gasteiger partial charge in [0.2, 0.25) is 0 Å². The van der Waals surface area contributed by atoms with Gasteiger partial charge in [-0.3, -0.25) is 4.98 Å². The van der Waals surface area contributed by atoms with Crippen molar-refractivity contribution < 1.29 is 0 Å². The van der Waals surface area contributed by atoms with Crippen LogP contribution in [-0.4, -0.2) is 12.0 Å². The highest BCUT2D eigenvalue weighted by Crippen LogP contribution is 2.21. The molecule has 21 heavy (non-hydrogen) atoms. The highest BCUT2D eigenvalue weighted by atomic mass is 14.9. The van der Waals surface area contributed by atoms with Gasteiger partial charge >= 0.3 is 0 Å². The van der Waals surface area contributed by atoms with Gasteiger partial charge in [-0.05, 0) is 43.7 Å². The summed E-state index contributed by atoms with van der Waals surface area (Å²) < 4.78 is 0. The molecule has 0 radical (unpaired) electrons. The Hall–Kier alpha value is -2.19. The molecule has 0 saturated carbocycles. The normalized spacial score (nSPS) is 12.5. The topological polar surface area (TPSA) is 24.9 Å². The lowest BCUT2D eigenvalue weighted by molar-refractivity contribution is 0.576. The molecule has 0 saturated heterocycles. The van der Waals surface area contributed by atoms with Crippen LogP contribution in [0.25, 0.3) is 10.9 Å². The maximum atomic E-state index is 4.81. The molecule has 3 rings (SSSR count). The maximum absolute atomic E-state index is 4.81.